The molecule has 0 aromatic heterocycles. The van der Waals surface area contributed by atoms with E-state index in [1.165, 1.54) is 12.1 Å². The molecule has 1 amide bonds. The molecular weight excluding hydrogens is 360 g/mol. The summed E-state index contributed by atoms with van der Waals surface area (Å²) in [6.45, 7) is 6.62. The van der Waals surface area contributed by atoms with Gasteiger partial charge in [-0.2, -0.15) is 0 Å². The van der Waals surface area contributed by atoms with Crippen molar-refractivity contribution in [3.05, 3.63) is 58.6 Å². The quantitative estimate of drug-likeness (QED) is 0.825. The van der Waals surface area contributed by atoms with Crippen molar-refractivity contribution in [2.24, 2.45) is 0 Å². The predicted molar refractivity (Wildman–Crippen MR) is 101 cm³/mol. The fourth-order valence-corrected chi connectivity index (χ4v) is 3.75. The van der Waals surface area contributed by atoms with E-state index in [-0.39, 0.29) is 10.8 Å². The van der Waals surface area contributed by atoms with Gasteiger partial charge in [0.2, 0.25) is 0 Å². The molecule has 2 rings (SSSR count). The first-order valence-electron chi connectivity index (χ1n) is 7.97. The summed E-state index contributed by atoms with van der Waals surface area (Å²) in [6, 6.07) is 11.0. The van der Waals surface area contributed by atoms with Crippen molar-refractivity contribution in [3.8, 4) is 0 Å². The Kier molecular flexibility index (Phi) is 6.08. The monoisotopic (exact) mass is 380 g/mol. The average molecular weight is 381 g/mol. The fraction of sp³-hybridized carbons (Fsp3) is 0.278. The zero-order valence-electron chi connectivity index (χ0n) is 14.4. The summed E-state index contributed by atoms with van der Waals surface area (Å²) < 4.78 is 27.9. The Morgan fingerprint density at radius 1 is 1.12 bits per heavy atom. The van der Waals surface area contributed by atoms with E-state index >= 15 is 0 Å². The average Bonchev–Trinajstić information content (AvgIpc) is 2.60. The van der Waals surface area contributed by atoms with Gasteiger partial charge in [0.25, 0.3) is 15.9 Å². The first kappa shape index (κ1) is 19.3. The summed E-state index contributed by atoms with van der Waals surface area (Å²) in [7, 11) is -3.83. The molecule has 1 N–H and O–H groups in total. The van der Waals surface area contributed by atoms with Gasteiger partial charge in [0.15, 0.2) is 0 Å². The van der Waals surface area contributed by atoms with Crippen molar-refractivity contribution in [2.45, 2.75) is 25.7 Å². The van der Waals surface area contributed by atoms with E-state index < -0.39 is 10.0 Å². The summed E-state index contributed by atoms with van der Waals surface area (Å²) in [4.78, 5) is 14.1. The number of rotatable bonds is 6. The minimum Gasteiger partial charge on any atom is -0.339 e. The molecule has 0 fully saturated rings. The van der Waals surface area contributed by atoms with E-state index in [9.17, 15) is 13.2 Å². The molecule has 0 aliphatic carbocycles. The number of carbonyl (C=O) groups is 1. The number of nitrogens with zero attached hydrogens (tertiary/aromatic N) is 1. The van der Waals surface area contributed by atoms with Crippen molar-refractivity contribution < 1.29 is 13.2 Å². The highest BCUT2D eigenvalue weighted by molar-refractivity contribution is 7.92. The molecule has 7 heteroatoms. The van der Waals surface area contributed by atoms with Crippen molar-refractivity contribution in [3.63, 3.8) is 0 Å². The second kappa shape index (κ2) is 7.89. The Balaban J connectivity index is 2.36. The highest BCUT2D eigenvalue weighted by Gasteiger charge is 2.19. The largest absolute Gasteiger partial charge is 0.339 e. The highest BCUT2D eigenvalue weighted by atomic mass is 35.5. The summed E-state index contributed by atoms with van der Waals surface area (Å²) in [5.41, 5.74) is 1.39. The van der Waals surface area contributed by atoms with Crippen LogP contribution in [0.5, 0.6) is 0 Å². The van der Waals surface area contributed by atoms with Gasteiger partial charge in [0.1, 0.15) is 0 Å². The lowest BCUT2D eigenvalue weighted by Crippen LogP contribution is -2.30. The normalized spacial score (nSPS) is 11.2. The van der Waals surface area contributed by atoms with Gasteiger partial charge in [-0.15, -0.1) is 0 Å². The van der Waals surface area contributed by atoms with Gasteiger partial charge in [-0.1, -0.05) is 23.7 Å². The van der Waals surface area contributed by atoms with Crippen LogP contribution >= 0.6 is 11.6 Å². The summed E-state index contributed by atoms with van der Waals surface area (Å²) in [6.07, 6.45) is 0. The maximum Gasteiger partial charge on any atom is 0.261 e. The minimum absolute atomic E-state index is 0.0323. The third-order valence-electron chi connectivity index (χ3n) is 3.95. The molecular formula is C18H21ClN2O3S. The number of anilines is 1. The maximum absolute atomic E-state index is 12.7. The Bertz CT molecular complexity index is 878. The zero-order chi connectivity index (χ0) is 18.6. The van der Waals surface area contributed by atoms with Crippen LogP contribution in [0.25, 0.3) is 0 Å². The van der Waals surface area contributed by atoms with Crippen molar-refractivity contribution >= 4 is 33.2 Å². The molecule has 0 unspecified atom stereocenters. The number of carbonyl (C=O) groups excluding carboxylic acids is 1. The molecule has 0 saturated heterocycles. The number of hydrogen-bond acceptors (Lipinski definition) is 3. The molecule has 0 spiro atoms. The van der Waals surface area contributed by atoms with Crippen LogP contribution in [0, 0.1) is 6.92 Å². The lowest BCUT2D eigenvalue weighted by molar-refractivity contribution is 0.0772. The van der Waals surface area contributed by atoms with Crippen LogP contribution in [-0.2, 0) is 10.0 Å². The molecule has 0 saturated carbocycles. The molecule has 2 aromatic carbocycles. The lowest BCUT2D eigenvalue weighted by atomic mass is 10.2. The van der Waals surface area contributed by atoms with E-state index in [2.05, 4.69) is 4.72 Å². The smallest absolute Gasteiger partial charge is 0.261 e. The van der Waals surface area contributed by atoms with Crippen molar-refractivity contribution in [2.75, 3.05) is 17.8 Å². The van der Waals surface area contributed by atoms with Crippen LogP contribution in [0.1, 0.15) is 29.8 Å². The van der Waals surface area contributed by atoms with E-state index in [1.807, 2.05) is 13.8 Å². The molecule has 5 nitrogen and oxygen atoms in total. The zero-order valence-corrected chi connectivity index (χ0v) is 16.0. The van der Waals surface area contributed by atoms with Crippen molar-refractivity contribution in [1.82, 2.24) is 4.90 Å². The Morgan fingerprint density at radius 3 is 2.40 bits per heavy atom. The topological polar surface area (TPSA) is 66.5 Å². The standard InChI is InChI=1S/C18H21ClN2O3S/c1-4-21(5-2)18(22)14-8-6-9-15(12-14)25(23,24)20-17-11-7-10-16(19)13(17)3/h6-12,20H,4-5H2,1-3H3. The van der Waals surface area contributed by atoms with Crippen LogP contribution in [0.2, 0.25) is 5.02 Å². The van der Waals surface area contributed by atoms with Gasteiger partial charge in [-0.3, -0.25) is 9.52 Å². The number of sulfonamides is 1. The Hall–Kier alpha value is -2.05. The first-order chi connectivity index (χ1) is 11.8. The molecule has 0 atom stereocenters. The lowest BCUT2D eigenvalue weighted by Gasteiger charge is -2.19. The summed E-state index contributed by atoms with van der Waals surface area (Å²) >= 11 is 6.04. The van der Waals surface area contributed by atoms with Crippen LogP contribution < -0.4 is 4.72 Å². The van der Waals surface area contributed by atoms with Gasteiger partial charge in [0, 0.05) is 23.7 Å². The third kappa shape index (κ3) is 4.32. The van der Waals surface area contributed by atoms with E-state index in [4.69, 9.17) is 11.6 Å². The Morgan fingerprint density at radius 2 is 1.76 bits per heavy atom. The number of amides is 1. The molecule has 134 valence electrons. The van der Waals surface area contributed by atoms with Gasteiger partial charge in [-0.05, 0) is 56.7 Å². The van der Waals surface area contributed by atoms with Crippen LogP contribution in [0.3, 0.4) is 0 Å². The van der Waals surface area contributed by atoms with Crippen LogP contribution in [-0.4, -0.2) is 32.3 Å². The molecule has 0 aliphatic heterocycles. The van der Waals surface area contributed by atoms with E-state index in [0.29, 0.717) is 34.9 Å². The number of benzene rings is 2. The van der Waals surface area contributed by atoms with Crippen LogP contribution in [0.4, 0.5) is 5.69 Å². The summed E-state index contributed by atoms with van der Waals surface area (Å²) in [5, 5.41) is 0.477. The molecule has 2 aromatic rings. The minimum atomic E-state index is -3.83. The third-order valence-corrected chi connectivity index (χ3v) is 5.73. The second-order valence-electron chi connectivity index (χ2n) is 5.52. The number of hydrogen-bond donors (Lipinski definition) is 1. The molecule has 25 heavy (non-hydrogen) atoms. The molecule has 0 aliphatic rings. The maximum atomic E-state index is 12.7. The van der Waals surface area contributed by atoms with Gasteiger partial charge < -0.3 is 4.90 Å². The van der Waals surface area contributed by atoms with E-state index in [0.717, 1.165) is 0 Å². The Labute approximate surface area is 153 Å². The predicted octanol–water partition coefficient (Wildman–Crippen LogP) is 3.93. The van der Waals surface area contributed by atoms with Crippen molar-refractivity contribution in [1.29, 1.82) is 0 Å². The number of halogens is 1. The SMILES string of the molecule is CCN(CC)C(=O)c1cccc(S(=O)(=O)Nc2cccc(Cl)c2C)c1. The first-order valence-corrected chi connectivity index (χ1v) is 9.83. The van der Waals surface area contributed by atoms with Gasteiger partial charge in [0.05, 0.1) is 10.6 Å². The highest BCUT2D eigenvalue weighted by Crippen LogP contribution is 2.25. The molecule has 0 radical (unpaired) electrons. The van der Waals surface area contributed by atoms with Gasteiger partial charge >= 0.3 is 0 Å². The van der Waals surface area contributed by atoms with Gasteiger partial charge in [-0.25, -0.2) is 8.42 Å². The molecule has 0 bridgehead atoms. The number of nitrogens with one attached hydrogen (secondary N) is 1. The second-order valence-corrected chi connectivity index (χ2v) is 7.61. The van der Waals surface area contributed by atoms with E-state index in [1.54, 1.807) is 42.2 Å². The fourth-order valence-electron chi connectivity index (χ4n) is 2.41. The summed E-state index contributed by atoms with van der Waals surface area (Å²) in [5.74, 6) is -0.194. The van der Waals surface area contributed by atoms with Crippen LogP contribution in [0.15, 0.2) is 47.4 Å². The molecule has 0 heterocycles.